The molecule has 1 aromatic rings. The highest BCUT2D eigenvalue weighted by molar-refractivity contribution is 7.93. The topological polar surface area (TPSA) is 79.0 Å². The fourth-order valence-corrected chi connectivity index (χ4v) is 4.54. The lowest BCUT2D eigenvalue weighted by Crippen LogP contribution is -2.41. The number of nitrogens with zero attached hydrogens (tertiary/aromatic N) is 2. The Balaban J connectivity index is 1.58. The first-order valence-electron chi connectivity index (χ1n) is 8.25. The molecule has 1 amide bonds. The number of hydrogen-bond acceptors (Lipinski definition) is 5. The molecule has 0 saturated carbocycles. The molecule has 7 nitrogen and oxygen atoms in total. The maximum absolute atomic E-state index is 12.3. The van der Waals surface area contributed by atoms with Gasteiger partial charge in [-0.3, -0.25) is 14.0 Å². The van der Waals surface area contributed by atoms with E-state index in [0.717, 1.165) is 32.8 Å². The van der Waals surface area contributed by atoms with Crippen LogP contribution in [0.5, 0.6) is 0 Å². The number of amides is 1. The van der Waals surface area contributed by atoms with Crippen LogP contribution >= 0.6 is 0 Å². The molecule has 0 spiro atoms. The summed E-state index contributed by atoms with van der Waals surface area (Å²) in [7, 11) is -3.23. The summed E-state index contributed by atoms with van der Waals surface area (Å²) in [6.07, 6.45) is 0.623. The van der Waals surface area contributed by atoms with Crippen LogP contribution in [-0.4, -0.2) is 70.9 Å². The Morgan fingerprint density at radius 1 is 1.21 bits per heavy atom. The molecule has 2 aliphatic heterocycles. The number of rotatable bonds is 5. The maximum atomic E-state index is 12.3. The van der Waals surface area contributed by atoms with Crippen molar-refractivity contribution in [2.45, 2.75) is 6.42 Å². The van der Waals surface area contributed by atoms with Crippen molar-refractivity contribution >= 4 is 21.6 Å². The molecule has 2 fully saturated rings. The molecule has 0 atom stereocenters. The van der Waals surface area contributed by atoms with Crippen LogP contribution in [0, 0.1) is 0 Å². The monoisotopic (exact) mass is 353 g/mol. The van der Waals surface area contributed by atoms with Crippen LogP contribution < -0.4 is 9.62 Å². The maximum Gasteiger partial charge on any atom is 0.251 e. The van der Waals surface area contributed by atoms with Gasteiger partial charge in [0.05, 0.1) is 24.7 Å². The fraction of sp³-hybridized carbons (Fsp3) is 0.562. The van der Waals surface area contributed by atoms with Crippen molar-refractivity contribution in [2.24, 2.45) is 0 Å². The molecular formula is C16H23N3O4S. The van der Waals surface area contributed by atoms with Crippen LogP contribution in [-0.2, 0) is 14.8 Å². The molecule has 0 radical (unpaired) electrons. The highest BCUT2D eigenvalue weighted by atomic mass is 32.2. The Morgan fingerprint density at radius 3 is 2.71 bits per heavy atom. The van der Waals surface area contributed by atoms with Crippen LogP contribution in [0.1, 0.15) is 16.8 Å². The number of sulfonamides is 1. The van der Waals surface area contributed by atoms with Gasteiger partial charge in [0.2, 0.25) is 10.0 Å². The first-order valence-corrected chi connectivity index (χ1v) is 9.86. The van der Waals surface area contributed by atoms with Gasteiger partial charge in [0.1, 0.15) is 0 Å². The molecule has 0 bridgehead atoms. The highest BCUT2D eigenvalue weighted by Crippen LogP contribution is 2.24. The summed E-state index contributed by atoms with van der Waals surface area (Å²) in [5, 5.41) is 2.90. The van der Waals surface area contributed by atoms with Gasteiger partial charge in [-0.25, -0.2) is 8.42 Å². The Hall–Kier alpha value is -1.64. The summed E-state index contributed by atoms with van der Waals surface area (Å²) in [4.78, 5) is 14.5. The SMILES string of the molecule is O=C(NCCN1CCOCC1)c1cccc(N2CCCS2(=O)=O)c1. The summed E-state index contributed by atoms with van der Waals surface area (Å²) in [6.45, 7) is 5.07. The lowest BCUT2D eigenvalue weighted by Gasteiger charge is -2.26. The highest BCUT2D eigenvalue weighted by Gasteiger charge is 2.28. The summed E-state index contributed by atoms with van der Waals surface area (Å²) in [6, 6.07) is 6.80. The number of hydrogen-bond donors (Lipinski definition) is 1. The third-order valence-electron chi connectivity index (χ3n) is 4.31. The van der Waals surface area contributed by atoms with Crippen LogP contribution in [0.25, 0.3) is 0 Å². The average Bonchev–Trinajstić information content (AvgIpc) is 2.95. The zero-order valence-corrected chi connectivity index (χ0v) is 14.4. The molecule has 24 heavy (non-hydrogen) atoms. The number of ether oxygens (including phenoxy) is 1. The normalized spacial score (nSPS) is 20.9. The molecule has 1 N–H and O–H groups in total. The van der Waals surface area contributed by atoms with E-state index >= 15 is 0 Å². The smallest absolute Gasteiger partial charge is 0.251 e. The Bertz CT molecular complexity index is 686. The molecule has 132 valence electrons. The van der Waals surface area contributed by atoms with Crippen molar-refractivity contribution in [1.82, 2.24) is 10.2 Å². The van der Waals surface area contributed by atoms with Gasteiger partial charge >= 0.3 is 0 Å². The number of carbonyl (C=O) groups is 1. The quantitative estimate of drug-likeness (QED) is 0.823. The molecule has 0 unspecified atom stereocenters. The summed E-state index contributed by atoms with van der Waals surface area (Å²) < 4.78 is 30.7. The van der Waals surface area contributed by atoms with E-state index in [9.17, 15) is 13.2 Å². The van der Waals surface area contributed by atoms with Crippen LogP contribution in [0.2, 0.25) is 0 Å². The van der Waals surface area contributed by atoms with E-state index in [1.54, 1.807) is 24.3 Å². The van der Waals surface area contributed by atoms with Crippen molar-refractivity contribution in [1.29, 1.82) is 0 Å². The van der Waals surface area contributed by atoms with Gasteiger partial charge in [0, 0.05) is 38.3 Å². The van der Waals surface area contributed by atoms with Crippen molar-refractivity contribution < 1.29 is 17.9 Å². The summed E-state index contributed by atoms with van der Waals surface area (Å²) >= 11 is 0. The third kappa shape index (κ3) is 4.06. The van der Waals surface area contributed by atoms with Gasteiger partial charge in [0.25, 0.3) is 5.91 Å². The molecule has 2 aliphatic rings. The number of morpholine rings is 1. The van der Waals surface area contributed by atoms with Crippen LogP contribution in [0.4, 0.5) is 5.69 Å². The molecule has 2 saturated heterocycles. The molecule has 0 aliphatic carbocycles. The zero-order chi connectivity index (χ0) is 17.0. The van der Waals surface area contributed by atoms with E-state index in [2.05, 4.69) is 10.2 Å². The third-order valence-corrected chi connectivity index (χ3v) is 6.18. The standard InChI is InChI=1S/C16H23N3O4S/c20-16(17-5-7-18-8-10-23-11-9-18)14-3-1-4-15(13-14)19-6-2-12-24(19,21)22/h1,3-4,13H,2,5-12H2,(H,17,20). The largest absolute Gasteiger partial charge is 0.379 e. The van der Waals surface area contributed by atoms with E-state index in [1.807, 2.05) is 0 Å². The van der Waals surface area contributed by atoms with Crippen molar-refractivity contribution in [2.75, 3.05) is 56.0 Å². The lowest BCUT2D eigenvalue weighted by molar-refractivity contribution is 0.0383. The first-order chi connectivity index (χ1) is 11.6. The van der Waals surface area contributed by atoms with Gasteiger partial charge in [-0.1, -0.05) is 6.07 Å². The van der Waals surface area contributed by atoms with E-state index < -0.39 is 10.0 Å². The Kier molecular flexibility index (Phi) is 5.37. The molecule has 1 aromatic carbocycles. The number of nitrogens with one attached hydrogen (secondary N) is 1. The summed E-state index contributed by atoms with van der Waals surface area (Å²) in [5.74, 6) is -0.00936. The molecular weight excluding hydrogens is 330 g/mol. The van der Waals surface area contributed by atoms with Gasteiger partial charge in [-0.2, -0.15) is 0 Å². The Morgan fingerprint density at radius 2 is 2.00 bits per heavy atom. The predicted molar refractivity (Wildman–Crippen MR) is 91.8 cm³/mol. The van der Waals surface area contributed by atoms with Crippen molar-refractivity contribution in [3.63, 3.8) is 0 Å². The van der Waals surface area contributed by atoms with Gasteiger partial charge in [-0.05, 0) is 24.6 Å². The summed E-state index contributed by atoms with van der Waals surface area (Å²) in [5.41, 5.74) is 1.05. The number of benzene rings is 1. The van der Waals surface area contributed by atoms with Crippen LogP contribution in [0.3, 0.4) is 0 Å². The number of carbonyl (C=O) groups excluding carboxylic acids is 1. The van der Waals surface area contributed by atoms with E-state index in [4.69, 9.17) is 4.74 Å². The average molecular weight is 353 g/mol. The molecule has 8 heteroatoms. The molecule has 0 aromatic heterocycles. The van der Waals surface area contributed by atoms with E-state index in [1.165, 1.54) is 4.31 Å². The van der Waals surface area contributed by atoms with Crippen LogP contribution in [0.15, 0.2) is 24.3 Å². The van der Waals surface area contributed by atoms with Gasteiger partial charge in [0.15, 0.2) is 0 Å². The first kappa shape index (κ1) is 17.2. The number of anilines is 1. The second kappa shape index (κ2) is 7.50. The Labute approximate surface area is 142 Å². The van der Waals surface area contributed by atoms with Crippen molar-refractivity contribution in [3.8, 4) is 0 Å². The van der Waals surface area contributed by atoms with Gasteiger partial charge < -0.3 is 10.1 Å². The lowest BCUT2D eigenvalue weighted by atomic mass is 10.2. The molecule has 3 rings (SSSR count). The minimum Gasteiger partial charge on any atom is -0.379 e. The minimum absolute atomic E-state index is 0.170. The second-order valence-corrected chi connectivity index (χ2v) is 8.01. The molecule has 2 heterocycles. The van der Waals surface area contributed by atoms with Gasteiger partial charge in [-0.15, -0.1) is 0 Å². The predicted octanol–water partition coefficient (Wildman–Crippen LogP) is 0.289. The van der Waals surface area contributed by atoms with E-state index in [-0.39, 0.29) is 11.7 Å². The minimum atomic E-state index is -3.23. The van der Waals surface area contributed by atoms with Crippen molar-refractivity contribution in [3.05, 3.63) is 29.8 Å². The second-order valence-electron chi connectivity index (χ2n) is 6.00. The van der Waals surface area contributed by atoms with E-state index in [0.29, 0.717) is 30.8 Å². The fourth-order valence-electron chi connectivity index (χ4n) is 2.99. The zero-order valence-electron chi connectivity index (χ0n) is 13.6.